The van der Waals surface area contributed by atoms with Gasteiger partial charge < -0.3 is 20.4 Å². The van der Waals surface area contributed by atoms with Gasteiger partial charge in [-0.1, -0.05) is 18.2 Å². The summed E-state index contributed by atoms with van der Waals surface area (Å²) in [5.41, 5.74) is 0.824. The number of para-hydroxylation sites is 1. The van der Waals surface area contributed by atoms with Crippen LogP contribution in [0.25, 0.3) is 0 Å². The second-order valence-corrected chi connectivity index (χ2v) is 8.53. The highest BCUT2D eigenvalue weighted by atomic mass is 16.2. The van der Waals surface area contributed by atoms with Crippen LogP contribution >= 0.6 is 0 Å². The van der Waals surface area contributed by atoms with Crippen LogP contribution in [0.2, 0.25) is 0 Å². The van der Waals surface area contributed by atoms with Gasteiger partial charge in [-0.2, -0.15) is 0 Å². The fraction of sp³-hybridized carbons (Fsp3) is 0.571. The molecule has 1 aromatic carbocycles. The number of hydrogen-bond donors (Lipinski definition) is 2. The second-order valence-electron chi connectivity index (χ2n) is 8.53. The number of carbonyl (C=O) groups excluding carboxylic acids is 3. The first-order valence-corrected chi connectivity index (χ1v) is 10.5. The smallest absolute Gasteiger partial charge is 0.319 e. The molecule has 0 radical (unpaired) electrons. The lowest BCUT2D eigenvalue weighted by Gasteiger charge is -2.36. The van der Waals surface area contributed by atoms with E-state index in [1.54, 1.807) is 16.8 Å². The average molecular weight is 397 g/mol. The lowest BCUT2D eigenvalue weighted by molar-refractivity contribution is -0.137. The molecule has 4 heterocycles. The Balaban J connectivity index is 1.37. The standard InChI is InChI=1S/C21H27N5O3/c1-24-11-12-25(20(24)29)10-8-22-18(27)16-13-14-5-4-9-26(14)21(16)15-6-2-3-7-17(15)23-19(21)28/h2-3,6-7,14,16H,4-5,8-13H2,1H3,(H,22,27)(H,23,28)/t14-,16-,21+/m1/s1. The number of anilines is 1. The summed E-state index contributed by atoms with van der Waals surface area (Å²) in [5.74, 6) is -0.598. The Labute approximate surface area is 170 Å². The van der Waals surface area contributed by atoms with Crippen LogP contribution < -0.4 is 10.6 Å². The maximum atomic E-state index is 13.3. The maximum Gasteiger partial charge on any atom is 0.319 e. The summed E-state index contributed by atoms with van der Waals surface area (Å²) in [4.78, 5) is 44.3. The van der Waals surface area contributed by atoms with Gasteiger partial charge in [0.25, 0.3) is 0 Å². The van der Waals surface area contributed by atoms with Gasteiger partial charge in [-0.3, -0.25) is 14.5 Å². The second kappa shape index (κ2) is 6.73. The zero-order valence-corrected chi connectivity index (χ0v) is 16.7. The molecule has 1 spiro atoms. The van der Waals surface area contributed by atoms with Crippen molar-refractivity contribution in [3.05, 3.63) is 29.8 Å². The Morgan fingerprint density at radius 3 is 2.86 bits per heavy atom. The van der Waals surface area contributed by atoms with Gasteiger partial charge in [0, 0.05) is 50.5 Å². The normalized spacial score (nSPS) is 30.8. The molecule has 0 aromatic heterocycles. The predicted molar refractivity (Wildman–Crippen MR) is 107 cm³/mol. The number of benzene rings is 1. The van der Waals surface area contributed by atoms with Crippen LogP contribution in [-0.2, 0) is 15.1 Å². The molecule has 3 saturated heterocycles. The van der Waals surface area contributed by atoms with Gasteiger partial charge in [0.15, 0.2) is 0 Å². The van der Waals surface area contributed by atoms with Crippen molar-refractivity contribution in [2.45, 2.75) is 30.8 Å². The summed E-state index contributed by atoms with van der Waals surface area (Å²) in [6.45, 7) is 3.13. The molecular formula is C21H27N5O3. The van der Waals surface area contributed by atoms with Crippen molar-refractivity contribution in [3.8, 4) is 0 Å². The average Bonchev–Trinajstić information content (AvgIpc) is 3.44. The third-order valence-electron chi connectivity index (χ3n) is 7.07. The van der Waals surface area contributed by atoms with Crippen LogP contribution in [0.15, 0.2) is 24.3 Å². The summed E-state index contributed by atoms with van der Waals surface area (Å²) < 4.78 is 0. The lowest BCUT2D eigenvalue weighted by Crippen LogP contribution is -2.54. The van der Waals surface area contributed by atoms with Gasteiger partial charge in [-0.15, -0.1) is 0 Å². The van der Waals surface area contributed by atoms with E-state index in [1.165, 1.54) is 0 Å². The summed E-state index contributed by atoms with van der Waals surface area (Å²) >= 11 is 0. The van der Waals surface area contributed by atoms with Crippen molar-refractivity contribution in [2.24, 2.45) is 5.92 Å². The van der Waals surface area contributed by atoms with Crippen LogP contribution in [0.1, 0.15) is 24.8 Å². The Morgan fingerprint density at radius 2 is 2.07 bits per heavy atom. The molecule has 0 bridgehead atoms. The minimum Gasteiger partial charge on any atom is -0.354 e. The molecule has 3 atom stereocenters. The van der Waals surface area contributed by atoms with Crippen LogP contribution in [0, 0.1) is 5.92 Å². The van der Waals surface area contributed by atoms with E-state index in [2.05, 4.69) is 15.5 Å². The number of hydrogen-bond acceptors (Lipinski definition) is 4. The highest BCUT2D eigenvalue weighted by Gasteiger charge is 2.65. The van der Waals surface area contributed by atoms with Gasteiger partial charge >= 0.3 is 6.03 Å². The van der Waals surface area contributed by atoms with E-state index in [9.17, 15) is 14.4 Å². The minimum absolute atomic E-state index is 0.00123. The molecule has 4 aliphatic rings. The number of urea groups is 1. The molecule has 1 aromatic rings. The monoisotopic (exact) mass is 397 g/mol. The molecule has 8 nitrogen and oxygen atoms in total. The van der Waals surface area contributed by atoms with Crippen molar-refractivity contribution < 1.29 is 14.4 Å². The van der Waals surface area contributed by atoms with Gasteiger partial charge in [-0.05, 0) is 31.9 Å². The number of nitrogens with zero attached hydrogens (tertiary/aromatic N) is 3. The van der Waals surface area contributed by atoms with Crippen molar-refractivity contribution in [3.63, 3.8) is 0 Å². The number of carbonyl (C=O) groups is 3. The summed E-state index contributed by atoms with van der Waals surface area (Å²) in [5, 5.41) is 6.04. The fourth-order valence-electron chi connectivity index (χ4n) is 5.73. The number of amides is 4. The molecule has 2 N–H and O–H groups in total. The summed E-state index contributed by atoms with van der Waals surface area (Å²) in [6, 6.07) is 8.00. The predicted octanol–water partition coefficient (Wildman–Crippen LogP) is 0.802. The molecule has 8 heteroatoms. The van der Waals surface area contributed by atoms with E-state index in [-0.39, 0.29) is 23.9 Å². The number of nitrogens with one attached hydrogen (secondary N) is 2. The molecule has 4 amide bonds. The third-order valence-corrected chi connectivity index (χ3v) is 7.07. The van der Waals surface area contributed by atoms with Gasteiger partial charge in [0.1, 0.15) is 5.54 Å². The van der Waals surface area contributed by atoms with Crippen molar-refractivity contribution in [2.75, 3.05) is 45.1 Å². The lowest BCUT2D eigenvalue weighted by atomic mass is 9.78. The van der Waals surface area contributed by atoms with E-state index in [0.29, 0.717) is 32.6 Å². The highest BCUT2D eigenvalue weighted by Crippen LogP contribution is 2.55. The van der Waals surface area contributed by atoms with Crippen LogP contribution in [0.4, 0.5) is 10.5 Å². The van der Waals surface area contributed by atoms with Crippen molar-refractivity contribution in [1.82, 2.24) is 20.0 Å². The molecule has 154 valence electrons. The molecule has 0 unspecified atom stereocenters. The number of fused-ring (bicyclic) bond motifs is 4. The molecule has 4 aliphatic heterocycles. The zero-order valence-electron chi connectivity index (χ0n) is 16.7. The molecule has 3 fully saturated rings. The minimum atomic E-state index is -0.911. The number of rotatable bonds is 4. The van der Waals surface area contributed by atoms with E-state index >= 15 is 0 Å². The van der Waals surface area contributed by atoms with E-state index in [1.807, 2.05) is 24.3 Å². The Morgan fingerprint density at radius 1 is 1.24 bits per heavy atom. The van der Waals surface area contributed by atoms with E-state index in [0.717, 1.165) is 30.6 Å². The Bertz CT molecular complexity index is 874. The fourth-order valence-corrected chi connectivity index (χ4v) is 5.73. The SMILES string of the molecule is CN1CCN(CCNC(=O)[C@H]2C[C@H]3CCCN3[C@]23C(=O)Nc2ccccc23)C1=O. The largest absolute Gasteiger partial charge is 0.354 e. The number of likely N-dealkylation sites (N-methyl/N-ethyl adjacent to an activating group) is 1. The third kappa shape index (κ3) is 2.58. The van der Waals surface area contributed by atoms with Crippen LogP contribution in [0.3, 0.4) is 0 Å². The molecule has 5 rings (SSSR count). The first-order chi connectivity index (χ1) is 14.0. The first kappa shape index (κ1) is 18.4. The van der Waals surface area contributed by atoms with Crippen LogP contribution in [-0.4, -0.2) is 78.4 Å². The quantitative estimate of drug-likeness (QED) is 0.787. The van der Waals surface area contributed by atoms with Gasteiger partial charge in [0.05, 0.1) is 5.92 Å². The van der Waals surface area contributed by atoms with Gasteiger partial charge in [0.2, 0.25) is 11.8 Å². The van der Waals surface area contributed by atoms with Gasteiger partial charge in [-0.25, -0.2) is 4.79 Å². The van der Waals surface area contributed by atoms with E-state index in [4.69, 9.17) is 0 Å². The summed E-state index contributed by atoms with van der Waals surface area (Å²) in [6.07, 6.45) is 2.77. The van der Waals surface area contributed by atoms with Crippen molar-refractivity contribution >= 4 is 23.5 Å². The first-order valence-electron chi connectivity index (χ1n) is 10.5. The molecule has 0 saturated carbocycles. The highest BCUT2D eigenvalue weighted by molar-refractivity contribution is 6.09. The molecular weight excluding hydrogens is 370 g/mol. The van der Waals surface area contributed by atoms with E-state index < -0.39 is 11.5 Å². The topological polar surface area (TPSA) is 85.0 Å². The summed E-state index contributed by atoms with van der Waals surface area (Å²) in [7, 11) is 1.78. The Kier molecular flexibility index (Phi) is 4.27. The van der Waals surface area contributed by atoms with Crippen molar-refractivity contribution in [1.29, 1.82) is 0 Å². The molecule has 29 heavy (non-hydrogen) atoms. The van der Waals surface area contributed by atoms with Crippen LogP contribution in [0.5, 0.6) is 0 Å². The molecule has 0 aliphatic carbocycles. The zero-order chi connectivity index (χ0) is 20.2. The Hall–Kier alpha value is -2.61. The maximum absolute atomic E-state index is 13.3.